The van der Waals surface area contributed by atoms with Crippen LogP contribution < -0.4 is 0 Å². The Bertz CT molecular complexity index is 636. The van der Waals surface area contributed by atoms with Crippen molar-refractivity contribution in [3.8, 4) is 0 Å². The highest BCUT2D eigenvalue weighted by atomic mass is 32.2. The van der Waals surface area contributed by atoms with Gasteiger partial charge in [-0.3, -0.25) is 9.89 Å². The van der Waals surface area contributed by atoms with Crippen molar-refractivity contribution in [1.82, 2.24) is 14.5 Å². The van der Waals surface area contributed by atoms with E-state index in [2.05, 4.69) is 14.9 Å². The number of aromatic amines is 1. The maximum atomic E-state index is 12.5. The molecule has 1 aromatic heterocycles. The number of carboxylic acids is 1. The summed E-state index contributed by atoms with van der Waals surface area (Å²) >= 11 is 0. The molecule has 2 N–H and O–H groups in total. The number of nitrogens with one attached hydrogen (secondary N) is 1. The number of esters is 1. The van der Waals surface area contributed by atoms with E-state index in [4.69, 9.17) is 5.11 Å². The third kappa shape index (κ3) is 3.58. The molecule has 0 aliphatic rings. The zero-order valence-electron chi connectivity index (χ0n) is 11.9. The van der Waals surface area contributed by atoms with Gasteiger partial charge < -0.3 is 9.84 Å². The number of aromatic carboxylic acids is 1. The van der Waals surface area contributed by atoms with Gasteiger partial charge in [-0.1, -0.05) is 6.92 Å². The van der Waals surface area contributed by atoms with Crippen LogP contribution in [0.3, 0.4) is 0 Å². The molecule has 0 bridgehead atoms. The molecule has 0 spiro atoms. The Morgan fingerprint density at radius 3 is 2.52 bits per heavy atom. The molecule has 0 saturated carbocycles. The Kier molecular flexibility index (Phi) is 5.44. The van der Waals surface area contributed by atoms with Gasteiger partial charge in [0.2, 0.25) is 5.03 Å². The first-order valence-corrected chi connectivity index (χ1v) is 7.54. The number of methoxy groups -OCH3 is 1. The van der Waals surface area contributed by atoms with Crippen LogP contribution in [0.2, 0.25) is 0 Å². The van der Waals surface area contributed by atoms with Crippen molar-refractivity contribution in [3.63, 3.8) is 0 Å². The SMILES string of the molecule is CCCN(CC(=O)OC)S(=O)(=O)c1n[nH]c(C)c1C(=O)O. The molecule has 1 heterocycles. The standard InChI is InChI=1S/C11H17N3O6S/c1-4-5-14(6-8(15)20-3)21(18,19)10-9(11(16)17)7(2)12-13-10/h4-6H2,1-3H3,(H,12,13)(H,16,17). The zero-order valence-corrected chi connectivity index (χ0v) is 12.7. The van der Waals surface area contributed by atoms with Crippen molar-refractivity contribution in [2.75, 3.05) is 20.2 Å². The van der Waals surface area contributed by atoms with E-state index in [0.29, 0.717) is 6.42 Å². The topological polar surface area (TPSA) is 130 Å². The Hall–Kier alpha value is -1.94. The molecule has 10 heteroatoms. The minimum absolute atomic E-state index is 0.0440. The second-order valence-corrected chi connectivity index (χ2v) is 6.10. The number of carbonyl (C=O) groups is 2. The predicted octanol–water partition coefficient (Wildman–Crippen LogP) is -0.00998. The Labute approximate surface area is 121 Å². The monoisotopic (exact) mass is 319 g/mol. The normalized spacial score (nSPS) is 11.6. The summed E-state index contributed by atoms with van der Waals surface area (Å²) < 4.78 is 30.3. The van der Waals surface area contributed by atoms with Gasteiger partial charge in [-0.15, -0.1) is 0 Å². The van der Waals surface area contributed by atoms with Gasteiger partial charge >= 0.3 is 11.9 Å². The quantitative estimate of drug-likeness (QED) is 0.676. The molecule has 21 heavy (non-hydrogen) atoms. The van der Waals surface area contributed by atoms with Crippen LogP contribution in [0.15, 0.2) is 5.03 Å². The van der Waals surface area contributed by atoms with Crippen LogP contribution in [0.4, 0.5) is 0 Å². The second-order valence-electron chi connectivity index (χ2n) is 4.25. The van der Waals surface area contributed by atoms with E-state index < -0.39 is 39.1 Å². The number of rotatable bonds is 7. The Balaban J connectivity index is 3.29. The van der Waals surface area contributed by atoms with Crippen molar-refractivity contribution in [1.29, 1.82) is 0 Å². The van der Waals surface area contributed by atoms with Gasteiger partial charge in [0.05, 0.1) is 7.11 Å². The molecule has 0 atom stereocenters. The average Bonchev–Trinajstić information content (AvgIpc) is 2.80. The molecular weight excluding hydrogens is 302 g/mol. The van der Waals surface area contributed by atoms with Crippen LogP contribution in [0.1, 0.15) is 29.4 Å². The maximum Gasteiger partial charge on any atom is 0.340 e. The van der Waals surface area contributed by atoms with Crippen LogP contribution >= 0.6 is 0 Å². The number of carboxylic acid groups (broad SMARTS) is 1. The van der Waals surface area contributed by atoms with Crippen molar-refractivity contribution in [2.24, 2.45) is 0 Å². The lowest BCUT2D eigenvalue weighted by Gasteiger charge is -2.19. The first-order valence-electron chi connectivity index (χ1n) is 6.10. The molecule has 0 aromatic carbocycles. The molecular formula is C11H17N3O6S. The number of aryl methyl sites for hydroxylation is 1. The van der Waals surface area contributed by atoms with E-state index >= 15 is 0 Å². The summed E-state index contributed by atoms with van der Waals surface area (Å²) in [6, 6.07) is 0. The van der Waals surface area contributed by atoms with Crippen LogP contribution in [-0.4, -0.2) is 60.2 Å². The van der Waals surface area contributed by atoms with Crippen LogP contribution in [-0.2, 0) is 19.6 Å². The summed E-state index contributed by atoms with van der Waals surface area (Å²) in [7, 11) is -3.07. The number of ether oxygens (including phenoxy) is 1. The number of nitrogens with zero attached hydrogens (tertiary/aromatic N) is 2. The second kappa shape index (κ2) is 6.68. The largest absolute Gasteiger partial charge is 0.478 e. The van der Waals surface area contributed by atoms with E-state index in [1.165, 1.54) is 6.92 Å². The maximum absolute atomic E-state index is 12.5. The number of H-pyrrole nitrogens is 1. The third-order valence-corrected chi connectivity index (χ3v) is 4.49. The van der Waals surface area contributed by atoms with Gasteiger partial charge in [0.15, 0.2) is 0 Å². The molecule has 1 aromatic rings. The van der Waals surface area contributed by atoms with Crippen LogP contribution in [0.5, 0.6) is 0 Å². The lowest BCUT2D eigenvalue weighted by molar-refractivity contribution is -0.140. The first kappa shape index (κ1) is 17.1. The van der Waals surface area contributed by atoms with Gasteiger partial charge in [-0.25, -0.2) is 13.2 Å². The number of sulfonamides is 1. The van der Waals surface area contributed by atoms with Gasteiger partial charge in [0, 0.05) is 12.2 Å². The predicted molar refractivity (Wildman–Crippen MR) is 71.3 cm³/mol. The number of aromatic nitrogens is 2. The fourth-order valence-corrected chi connectivity index (χ4v) is 3.31. The molecule has 9 nitrogen and oxygen atoms in total. The highest BCUT2D eigenvalue weighted by Crippen LogP contribution is 2.20. The van der Waals surface area contributed by atoms with Crippen molar-refractivity contribution < 1.29 is 27.9 Å². The Morgan fingerprint density at radius 2 is 2.05 bits per heavy atom. The fraction of sp³-hybridized carbons (Fsp3) is 0.545. The lowest BCUT2D eigenvalue weighted by atomic mass is 10.3. The summed E-state index contributed by atoms with van der Waals surface area (Å²) in [6.45, 7) is 2.67. The van der Waals surface area contributed by atoms with Gasteiger partial charge in [0.25, 0.3) is 10.0 Å². The lowest BCUT2D eigenvalue weighted by Crippen LogP contribution is -2.37. The van der Waals surface area contributed by atoms with Crippen molar-refractivity contribution in [2.45, 2.75) is 25.3 Å². The number of hydrogen-bond donors (Lipinski definition) is 2. The van der Waals surface area contributed by atoms with E-state index in [1.807, 2.05) is 0 Å². The smallest absolute Gasteiger partial charge is 0.340 e. The molecule has 0 aliphatic heterocycles. The van der Waals surface area contributed by atoms with Crippen molar-refractivity contribution >= 4 is 22.0 Å². The highest BCUT2D eigenvalue weighted by molar-refractivity contribution is 7.89. The summed E-state index contributed by atoms with van der Waals surface area (Å²) in [5, 5.41) is 14.4. The molecule has 118 valence electrons. The van der Waals surface area contributed by atoms with Crippen LogP contribution in [0, 0.1) is 6.92 Å². The minimum Gasteiger partial charge on any atom is -0.478 e. The number of carbonyl (C=O) groups excluding carboxylic acids is 1. The van der Waals surface area contributed by atoms with Gasteiger partial charge in [-0.05, 0) is 13.3 Å². The minimum atomic E-state index is -4.21. The summed E-state index contributed by atoms with van der Waals surface area (Å²) in [6.07, 6.45) is 0.446. The molecule has 0 fully saturated rings. The molecule has 0 unspecified atom stereocenters. The summed E-state index contributed by atoms with van der Waals surface area (Å²) in [5.41, 5.74) is -0.309. The van der Waals surface area contributed by atoms with Gasteiger partial charge in [-0.2, -0.15) is 9.40 Å². The van der Waals surface area contributed by atoms with Crippen LogP contribution in [0.25, 0.3) is 0 Å². The first-order chi connectivity index (χ1) is 9.75. The van der Waals surface area contributed by atoms with Gasteiger partial charge in [0.1, 0.15) is 12.1 Å². The fourth-order valence-electron chi connectivity index (χ4n) is 1.71. The zero-order chi connectivity index (χ0) is 16.2. The Morgan fingerprint density at radius 1 is 1.43 bits per heavy atom. The van der Waals surface area contributed by atoms with Crippen molar-refractivity contribution in [3.05, 3.63) is 11.3 Å². The molecule has 1 rings (SSSR count). The average molecular weight is 319 g/mol. The molecule has 0 aliphatic carbocycles. The van der Waals surface area contributed by atoms with E-state index in [0.717, 1.165) is 11.4 Å². The molecule has 0 saturated heterocycles. The highest BCUT2D eigenvalue weighted by Gasteiger charge is 2.34. The van der Waals surface area contributed by atoms with E-state index in [9.17, 15) is 18.0 Å². The van der Waals surface area contributed by atoms with E-state index in [1.54, 1.807) is 6.92 Å². The molecule has 0 amide bonds. The summed E-state index contributed by atoms with van der Waals surface area (Å²) in [5.74, 6) is -2.15. The number of hydrogen-bond acceptors (Lipinski definition) is 6. The third-order valence-electron chi connectivity index (χ3n) is 2.72. The molecule has 0 radical (unpaired) electrons. The summed E-state index contributed by atoms with van der Waals surface area (Å²) in [4.78, 5) is 22.5. The van der Waals surface area contributed by atoms with E-state index in [-0.39, 0.29) is 12.2 Å².